The Balaban J connectivity index is 2.15. The van der Waals surface area contributed by atoms with Crippen LogP contribution in [0.2, 0.25) is 0 Å². The van der Waals surface area contributed by atoms with Crippen LogP contribution in [0, 0.1) is 17.8 Å². The van der Waals surface area contributed by atoms with Crippen molar-refractivity contribution in [3.8, 4) is 11.8 Å². The molecule has 1 aromatic carbocycles. The Morgan fingerprint density at radius 2 is 1.90 bits per heavy atom. The van der Waals surface area contributed by atoms with Gasteiger partial charge in [-0.2, -0.15) is 0 Å². The van der Waals surface area contributed by atoms with E-state index >= 15 is 0 Å². The summed E-state index contributed by atoms with van der Waals surface area (Å²) in [6, 6.07) is 10.1. The molecule has 1 rings (SSSR count). The molecule has 0 aromatic heterocycles. The van der Waals surface area contributed by atoms with Crippen molar-refractivity contribution in [1.82, 2.24) is 0 Å². The first-order chi connectivity index (χ1) is 10.2. The highest BCUT2D eigenvalue weighted by Crippen LogP contribution is 2.11. The molecule has 0 saturated heterocycles. The first kappa shape index (κ1) is 17.8. The first-order valence-corrected chi connectivity index (χ1v) is 8.02. The third-order valence-corrected chi connectivity index (χ3v) is 3.55. The molecule has 0 unspecified atom stereocenters. The number of aliphatic hydroxyl groups is 1. The minimum absolute atomic E-state index is 0.0203. The summed E-state index contributed by atoms with van der Waals surface area (Å²) >= 11 is 0. The molecule has 0 radical (unpaired) electrons. The van der Waals surface area contributed by atoms with E-state index in [1.54, 1.807) is 0 Å². The average Bonchev–Trinajstić information content (AvgIpc) is 2.52. The Bertz CT molecular complexity index is 416. The van der Waals surface area contributed by atoms with Crippen LogP contribution in [0.4, 0.5) is 0 Å². The van der Waals surface area contributed by atoms with Gasteiger partial charge in [-0.1, -0.05) is 74.8 Å². The largest absolute Gasteiger partial charge is 0.392 e. The molecule has 0 aliphatic rings. The second-order valence-electron chi connectivity index (χ2n) is 5.50. The highest BCUT2D eigenvalue weighted by atomic mass is 16.5. The molecule has 1 N–H and O–H groups in total. The number of benzene rings is 1. The third-order valence-electron chi connectivity index (χ3n) is 3.55. The second-order valence-corrected chi connectivity index (χ2v) is 5.50. The van der Waals surface area contributed by atoms with Crippen LogP contribution in [0.25, 0.3) is 0 Å². The number of unbranched alkanes of at least 4 members (excludes halogenated alkanes) is 3. The predicted molar refractivity (Wildman–Crippen MR) is 87.8 cm³/mol. The monoisotopic (exact) mass is 288 g/mol. The second kappa shape index (κ2) is 11.4. The van der Waals surface area contributed by atoms with E-state index in [1.165, 1.54) is 19.3 Å². The molecule has 1 aromatic rings. The van der Waals surface area contributed by atoms with E-state index in [-0.39, 0.29) is 12.0 Å². The van der Waals surface area contributed by atoms with Gasteiger partial charge in [0.2, 0.25) is 0 Å². The SMILES string of the molecule is CCCCCC[C@H](O)[C@H](C)C#CCOCc1ccccc1. The topological polar surface area (TPSA) is 29.5 Å². The van der Waals surface area contributed by atoms with Gasteiger partial charge in [-0.15, -0.1) is 0 Å². The van der Waals surface area contributed by atoms with Crippen LogP contribution >= 0.6 is 0 Å². The highest BCUT2D eigenvalue weighted by molar-refractivity contribution is 5.13. The molecule has 21 heavy (non-hydrogen) atoms. The normalized spacial score (nSPS) is 13.3. The van der Waals surface area contributed by atoms with Crippen LogP contribution in [-0.2, 0) is 11.3 Å². The van der Waals surface area contributed by atoms with Crippen LogP contribution < -0.4 is 0 Å². The van der Waals surface area contributed by atoms with Gasteiger partial charge in [0.05, 0.1) is 12.7 Å². The number of aliphatic hydroxyl groups excluding tert-OH is 1. The zero-order chi connectivity index (χ0) is 15.3. The number of rotatable bonds is 9. The lowest BCUT2D eigenvalue weighted by molar-refractivity contribution is 0.128. The Labute approximate surface area is 129 Å². The fourth-order valence-electron chi connectivity index (χ4n) is 2.12. The van der Waals surface area contributed by atoms with Crippen molar-refractivity contribution in [3.63, 3.8) is 0 Å². The maximum Gasteiger partial charge on any atom is 0.108 e. The van der Waals surface area contributed by atoms with Crippen molar-refractivity contribution in [2.45, 2.75) is 58.7 Å². The molecular weight excluding hydrogens is 260 g/mol. The minimum atomic E-state index is -0.316. The Morgan fingerprint density at radius 3 is 2.62 bits per heavy atom. The van der Waals surface area contributed by atoms with Gasteiger partial charge in [-0.3, -0.25) is 0 Å². The van der Waals surface area contributed by atoms with Gasteiger partial charge in [0, 0.05) is 5.92 Å². The van der Waals surface area contributed by atoms with Crippen molar-refractivity contribution < 1.29 is 9.84 Å². The molecule has 0 spiro atoms. The lowest BCUT2D eigenvalue weighted by Crippen LogP contribution is -2.16. The highest BCUT2D eigenvalue weighted by Gasteiger charge is 2.10. The van der Waals surface area contributed by atoms with Crippen LogP contribution in [0.15, 0.2) is 30.3 Å². The summed E-state index contributed by atoms with van der Waals surface area (Å²) in [5, 5.41) is 10.0. The summed E-state index contributed by atoms with van der Waals surface area (Å²) in [4.78, 5) is 0. The van der Waals surface area contributed by atoms with Gasteiger partial charge in [0.15, 0.2) is 0 Å². The lowest BCUT2D eigenvalue weighted by atomic mass is 9.99. The van der Waals surface area contributed by atoms with Gasteiger partial charge >= 0.3 is 0 Å². The average molecular weight is 288 g/mol. The molecule has 0 saturated carbocycles. The van der Waals surface area contributed by atoms with Gasteiger partial charge in [0.25, 0.3) is 0 Å². The predicted octanol–water partition coefficient (Wildman–Crippen LogP) is 4.17. The fraction of sp³-hybridized carbons (Fsp3) is 0.579. The van der Waals surface area contributed by atoms with E-state index in [4.69, 9.17) is 4.74 Å². The molecule has 0 fully saturated rings. The Morgan fingerprint density at radius 1 is 1.14 bits per heavy atom. The zero-order valence-electron chi connectivity index (χ0n) is 13.3. The van der Waals surface area contributed by atoms with Crippen molar-refractivity contribution in [1.29, 1.82) is 0 Å². The van der Waals surface area contributed by atoms with Gasteiger partial charge < -0.3 is 9.84 Å². The molecule has 0 heterocycles. The van der Waals surface area contributed by atoms with Crippen molar-refractivity contribution >= 4 is 0 Å². The summed E-state index contributed by atoms with van der Waals surface area (Å²) in [5.41, 5.74) is 1.16. The van der Waals surface area contributed by atoms with Crippen molar-refractivity contribution in [2.24, 2.45) is 5.92 Å². The Kier molecular flexibility index (Phi) is 9.61. The van der Waals surface area contributed by atoms with Crippen LogP contribution in [0.1, 0.15) is 51.5 Å². The molecular formula is C19H28O2. The van der Waals surface area contributed by atoms with Gasteiger partial charge in [-0.05, 0) is 18.9 Å². The van der Waals surface area contributed by atoms with Crippen molar-refractivity contribution in [3.05, 3.63) is 35.9 Å². The lowest BCUT2D eigenvalue weighted by Gasteiger charge is -2.13. The van der Waals surface area contributed by atoms with Gasteiger partial charge in [-0.25, -0.2) is 0 Å². The molecule has 0 amide bonds. The summed E-state index contributed by atoms with van der Waals surface area (Å²) < 4.78 is 5.51. The molecule has 2 nitrogen and oxygen atoms in total. The number of ether oxygens (including phenoxy) is 1. The molecule has 0 bridgehead atoms. The molecule has 116 valence electrons. The molecule has 0 aliphatic carbocycles. The zero-order valence-corrected chi connectivity index (χ0v) is 13.3. The molecule has 2 heteroatoms. The van der Waals surface area contributed by atoms with Gasteiger partial charge in [0.1, 0.15) is 6.61 Å². The smallest absolute Gasteiger partial charge is 0.108 e. The number of hydrogen-bond acceptors (Lipinski definition) is 2. The third kappa shape index (κ3) is 8.55. The van der Waals surface area contributed by atoms with E-state index < -0.39 is 0 Å². The summed E-state index contributed by atoms with van der Waals surface area (Å²) in [6.07, 6.45) is 5.30. The van der Waals surface area contributed by atoms with E-state index in [1.807, 2.05) is 37.3 Å². The summed E-state index contributed by atoms with van der Waals surface area (Å²) in [5.74, 6) is 6.11. The van der Waals surface area contributed by atoms with E-state index in [0.29, 0.717) is 13.2 Å². The number of hydrogen-bond donors (Lipinski definition) is 1. The van der Waals surface area contributed by atoms with E-state index in [0.717, 1.165) is 18.4 Å². The maximum absolute atomic E-state index is 10.0. The van der Waals surface area contributed by atoms with Crippen LogP contribution in [0.5, 0.6) is 0 Å². The Hall–Kier alpha value is -1.30. The molecule has 0 aliphatic heterocycles. The van der Waals surface area contributed by atoms with Crippen LogP contribution in [0.3, 0.4) is 0 Å². The van der Waals surface area contributed by atoms with E-state index in [9.17, 15) is 5.11 Å². The molecule has 2 atom stereocenters. The van der Waals surface area contributed by atoms with Crippen molar-refractivity contribution in [2.75, 3.05) is 6.61 Å². The van der Waals surface area contributed by atoms with E-state index in [2.05, 4.69) is 18.8 Å². The fourth-order valence-corrected chi connectivity index (χ4v) is 2.12. The maximum atomic E-state index is 10.0. The minimum Gasteiger partial charge on any atom is -0.392 e. The first-order valence-electron chi connectivity index (χ1n) is 8.02. The summed E-state index contributed by atoms with van der Waals surface area (Å²) in [6.45, 7) is 5.18. The quantitative estimate of drug-likeness (QED) is 0.546. The van der Waals surface area contributed by atoms with Crippen LogP contribution in [-0.4, -0.2) is 17.8 Å². The summed E-state index contributed by atoms with van der Waals surface area (Å²) in [7, 11) is 0. The standard InChI is InChI=1S/C19H28O2/c1-3-4-5-9-14-19(20)17(2)11-10-15-21-16-18-12-7-6-8-13-18/h6-8,12-13,17,19-20H,3-5,9,14-16H2,1-2H3/t17-,19+/m1/s1.